The maximum absolute atomic E-state index is 6.29. The molecule has 0 heterocycles. The molecular formula is C15H29NO. The first-order valence-corrected chi connectivity index (χ1v) is 7.48. The highest BCUT2D eigenvalue weighted by Crippen LogP contribution is 2.37. The molecule has 2 aliphatic rings. The Balaban J connectivity index is 1.80. The molecule has 2 fully saturated rings. The van der Waals surface area contributed by atoms with Gasteiger partial charge in [0.2, 0.25) is 0 Å². The zero-order valence-electron chi connectivity index (χ0n) is 11.6. The van der Waals surface area contributed by atoms with Gasteiger partial charge in [0.15, 0.2) is 0 Å². The molecular weight excluding hydrogens is 210 g/mol. The Kier molecular flexibility index (Phi) is 4.48. The lowest BCUT2D eigenvalue weighted by Crippen LogP contribution is -2.39. The van der Waals surface area contributed by atoms with E-state index in [1.807, 2.05) is 0 Å². The molecule has 17 heavy (non-hydrogen) atoms. The van der Waals surface area contributed by atoms with Crippen molar-refractivity contribution in [3.8, 4) is 0 Å². The smallest absolute Gasteiger partial charge is 0.0729 e. The monoisotopic (exact) mass is 239 g/mol. The second kappa shape index (κ2) is 5.71. The molecule has 0 aliphatic heterocycles. The summed E-state index contributed by atoms with van der Waals surface area (Å²) in [6.07, 6.45) is 12.2. The average Bonchev–Trinajstić information content (AvgIpc) is 2.47. The topological polar surface area (TPSA) is 35.2 Å². The van der Waals surface area contributed by atoms with Crippen LogP contribution in [0.2, 0.25) is 0 Å². The summed E-state index contributed by atoms with van der Waals surface area (Å²) in [6.45, 7) is 4.75. The van der Waals surface area contributed by atoms with Crippen LogP contribution in [0.3, 0.4) is 0 Å². The molecule has 0 saturated heterocycles. The van der Waals surface area contributed by atoms with Crippen molar-refractivity contribution in [1.82, 2.24) is 0 Å². The van der Waals surface area contributed by atoms with Gasteiger partial charge in [-0.1, -0.05) is 33.1 Å². The Morgan fingerprint density at radius 3 is 2.29 bits per heavy atom. The molecule has 2 nitrogen and oxygen atoms in total. The third kappa shape index (κ3) is 3.96. The van der Waals surface area contributed by atoms with Crippen LogP contribution >= 0.6 is 0 Å². The van der Waals surface area contributed by atoms with Gasteiger partial charge in [0, 0.05) is 6.04 Å². The van der Waals surface area contributed by atoms with Crippen LogP contribution in [0.1, 0.15) is 71.6 Å². The number of hydrogen-bond donors (Lipinski definition) is 1. The Bertz CT molecular complexity index is 229. The Hall–Kier alpha value is -0.0800. The van der Waals surface area contributed by atoms with Crippen molar-refractivity contribution in [2.75, 3.05) is 0 Å². The van der Waals surface area contributed by atoms with Crippen LogP contribution in [0.25, 0.3) is 0 Å². The van der Waals surface area contributed by atoms with Crippen LogP contribution in [0, 0.1) is 5.41 Å². The van der Waals surface area contributed by atoms with E-state index in [2.05, 4.69) is 13.8 Å². The third-order valence-corrected chi connectivity index (χ3v) is 4.66. The molecule has 0 radical (unpaired) electrons. The largest absolute Gasteiger partial charge is 0.373 e. The van der Waals surface area contributed by atoms with E-state index in [-0.39, 0.29) is 6.04 Å². The fraction of sp³-hybridized carbons (Fsp3) is 1.00. The fourth-order valence-corrected chi connectivity index (χ4v) is 3.23. The molecule has 2 saturated carbocycles. The quantitative estimate of drug-likeness (QED) is 0.747. The van der Waals surface area contributed by atoms with Crippen LogP contribution < -0.4 is 5.73 Å². The van der Waals surface area contributed by atoms with Gasteiger partial charge in [0.25, 0.3) is 0 Å². The third-order valence-electron chi connectivity index (χ3n) is 4.66. The SMILES string of the molecule is CC1(C)CCC(OC2CCCCCC2N)CC1. The van der Waals surface area contributed by atoms with Crippen molar-refractivity contribution in [3.63, 3.8) is 0 Å². The molecule has 2 atom stereocenters. The molecule has 2 aliphatic carbocycles. The summed E-state index contributed by atoms with van der Waals surface area (Å²) < 4.78 is 6.29. The van der Waals surface area contributed by atoms with E-state index in [1.165, 1.54) is 51.4 Å². The van der Waals surface area contributed by atoms with E-state index in [4.69, 9.17) is 10.5 Å². The number of rotatable bonds is 2. The number of hydrogen-bond acceptors (Lipinski definition) is 2. The van der Waals surface area contributed by atoms with Crippen LogP contribution in [0.4, 0.5) is 0 Å². The van der Waals surface area contributed by atoms with E-state index >= 15 is 0 Å². The lowest BCUT2D eigenvalue weighted by Gasteiger charge is -2.36. The van der Waals surface area contributed by atoms with Crippen molar-refractivity contribution < 1.29 is 4.74 Å². The standard InChI is InChI=1S/C15H29NO/c1-15(2)10-8-12(9-11-15)17-14-7-5-3-4-6-13(14)16/h12-14H,3-11,16H2,1-2H3. The minimum absolute atomic E-state index is 0.285. The summed E-state index contributed by atoms with van der Waals surface area (Å²) >= 11 is 0. The molecule has 2 unspecified atom stereocenters. The Labute approximate surface area is 106 Å². The minimum atomic E-state index is 0.285. The predicted molar refractivity (Wildman–Crippen MR) is 72.0 cm³/mol. The molecule has 0 spiro atoms. The summed E-state index contributed by atoms with van der Waals surface area (Å²) in [5, 5.41) is 0. The first kappa shape index (κ1) is 13.4. The first-order chi connectivity index (χ1) is 8.07. The summed E-state index contributed by atoms with van der Waals surface area (Å²) in [4.78, 5) is 0. The summed E-state index contributed by atoms with van der Waals surface area (Å²) in [5.41, 5.74) is 6.76. The van der Waals surface area contributed by atoms with Crippen LogP contribution in [-0.4, -0.2) is 18.2 Å². The fourth-order valence-electron chi connectivity index (χ4n) is 3.23. The zero-order valence-corrected chi connectivity index (χ0v) is 11.6. The minimum Gasteiger partial charge on any atom is -0.373 e. The van der Waals surface area contributed by atoms with E-state index in [9.17, 15) is 0 Å². The van der Waals surface area contributed by atoms with Crippen LogP contribution in [-0.2, 0) is 4.74 Å². The average molecular weight is 239 g/mol. The zero-order chi connectivity index (χ0) is 12.3. The van der Waals surface area contributed by atoms with Gasteiger partial charge < -0.3 is 10.5 Å². The van der Waals surface area contributed by atoms with E-state index in [0.29, 0.717) is 17.6 Å². The van der Waals surface area contributed by atoms with Crippen molar-refractivity contribution in [2.45, 2.75) is 89.9 Å². The Morgan fingerprint density at radius 2 is 1.59 bits per heavy atom. The van der Waals surface area contributed by atoms with Crippen molar-refractivity contribution in [3.05, 3.63) is 0 Å². The first-order valence-electron chi connectivity index (χ1n) is 7.48. The number of ether oxygens (including phenoxy) is 1. The van der Waals surface area contributed by atoms with Gasteiger partial charge >= 0.3 is 0 Å². The van der Waals surface area contributed by atoms with Gasteiger partial charge in [-0.15, -0.1) is 0 Å². The number of nitrogens with two attached hydrogens (primary N) is 1. The molecule has 0 aromatic carbocycles. The maximum atomic E-state index is 6.29. The van der Waals surface area contributed by atoms with Crippen molar-refractivity contribution in [2.24, 2.45) is 11.1 Å². The van der Waals surface area contributed by atoms with Gasteiger partial charge in [-0.3, -0.25) is 0 Å². The highest BCUT2D eigenvalue weighted by Gasteiger charge is 2.30. The van der Waals surface area contributed by atoms with Crippen molar-refractivity contribution in [1.29, 1.82) is 0 Å². The molecule has 0 aromatic heterocycles. The summed E-state index contributed by atoms with van der Waals surface area (Å²) in [6, 6.07) is 0.285. The molecule has 2 rings (SSSR count). The van der Waals surface area contributed by atoms with E-state index < -0.39 is 0 Å². The van der Waals surface area contributed by atoms with Gasteiger partial charge in [0.05, 0.1) is 12.2 Å². The van der Waals surface area contributed by atoms with Gasteiger partial charge in [-0.25, -0.2) is 0 Å². The van der Waals surface area contributed by atoms with Crippen molar-refractivity contribution >= 4 is 0 Å². The molecule has 2 N–H and O–H groups in total. The summed E-state index contributed by atoms with van der Waals surface area (Å²) in [7, 11) is 0. The lowest BCUT2D eigenvalue weighted by atomic mass is 9.76. The summed E-state index contributed by atoms with van der Waals surface area (Å²) in [5.74, 6) is 0. The molecule has 2 heteroatoms. The molecule has 100 valence electrons. The molecule has 0 bridgehead atoms. The van der Waals surface area contributed by atoms with Gasteiger partial charge in [-0.2, -0.15) is 0 Å². The normalized spacial score (nSPS) is 35.5. The van der Waals surface area contributed by atoms with E-state index in [1.54, 1.807) is 0 Å². The maximum Gasteiger partial charge on any atom is 0.0729 e. The second-order valence-corrected chi connectivity index (χ2v) is 6.84. The second-order valence-electron chi connectivity index (χ2n) is 6.84. The van der Waals surface area contributed by atoms with Gasteiger partial charge in [0.1, 0.15) is 0 Å². The molecule has 0 amide bonds. The highest BCUT2D eigenvalue weighted by atomic mass is 16.5. The Morgan fingerprint density at radius 1 is 0.941 bits per heavy atom. The van der Waals surface area contributed by atoms with Gasteiger partial charge in [-0.05, 0) is 43.9 Å². The predicted octanol–water partition coefficient (Wildman–Crippen LogP) is 3.63. The van der Waals surface area contributed by atoms with E-state index in [0.717, 1.165) is 6.42 Å². The molecule has 0 aromatic rings. The lowest BCUT2D eigenvalue weighted by molar-refractivity contribution is -0.0572. The van der Waals surface area contributed by atoms with Crippen LogP contribution in [0.15, 0.2) is 0 Å². The highest BCUT2D eigenvalue weighted by molar-refractivity contribution is 4.82. The van der Waals surface area contributed by atoms with Crippen LogP contribution in [0.5, 0.6) is 0 Å².